The fourth-order valence-corrected chi connectivity index (χ4v) is 3.45. The minimum absolute atomic E-state index is 0.0408. The highest BCUT2D eigenvalue weighted by atomic mass is 35.5. The quantitative estimate of drug-likeness (QED) is 0.770. The Kier molecular flexibility index (Phi) is 6.14. The van der Waals surface area contributed by atoms with Gasteiger partial charge in [0.25, 0.3) is 0 Å². The molecule has 23 heavy (non-hydrogen) atoms. The van der Waals surface area contributed by atoms with E-state index in [1.54, 1.807) is 11.8 Å². The molecule has 1 amide bonds. The Morgan fingerprint density at radius 1 is 1.13 bits per heavy atom. The number of anilines is 1. The molecule has 0 radical (unpaired) electrons. The van der Waals surface area contributed by atoms with Crippen molar-refractivity contribution in [2.24, 2.45) is 0 Å². The molecule has 1 atom stereocenters. The molecular weight excluding hydrogens is 326 g/mol. The second kappa shape index (κ2) is 7.89. The van der Waals surface area contributed by atoms with Crippen molar-refractivity contribution >= 4 is 35.0 Å². The van der Waals surface area contributed by atoms with E-state index in [2.05, 4.69) is 24.4 Å². The SMILES string of the molecule is Cc1cc(C)c(NC(=O)[C@@H](C)SCc2ccc(Cl)cc2)c(C)c1. The third-order valence-electron chi connectivity index (χ3n) is 3.71. The number of nitrogens with one attached hydrogen (secondary N) is 1. The number of carbonyl (C=O) groups excluding carboxylic acids is 1. The summed E-state index contributed by atoms with van der Waals surface area (Å²) in [5, 5.41) is 3.68. The third-order valence-corrected chi connectivity index (χ3v) is 5.17. The number of hydrogen-bond donors (Lipinski definition) is 1. The summed E-state index contributed by atoms with van der Waals surface area (Å²) in [7, 11) is 0. The molecule has 0 aliphatic heterocycles. The van der Waals surface area contributed by atoms with Crippen molar-refractivity contribution in [1.29, 1.82) is 0 Å². The van der Waals surface area contributed by atoms with Crippen molar-refractivity contribution in [3.63, 3.8) is 0 Å². The zero-order valence-corrected chi connectivity index (χ0v) is 15.5. The van der Waals surface area contributed by atoms with Crippen LogP contribution in [-0.4, -0.2) is 11.2 Å². The van der Waals surface area contributed by atoms with Gasteiger partial charge in [0, 0.05) is 16.5 Å². The number of benzene rings is 2. The molecule has 0 saturated heterocycles. The topological polar surface area (TPSA) is 29.1 Å². The lowest BCUT2D eigenvalue weighted by Gasteiger charge is -2.16. The smallest absolute Gasteiger partial charge is 0.237 e. The van der Waals surface area contributed by atoms with Crippen LogP contribution < -0.4 is 5.32 Å². The van der Waals surface area contributed by atoms with Crippen molar-refractivity contribution in [3.8, 4) is 0 Å². The number of thioether (sulfide) groups is 1. The summed E-state index contributed by atoms with van der Waals surface area (Å²) in [5.74, 6) is 0.830. The number of aryl methyl sites for hydroxylation is 3. The Labute approximate surface area is 147 Å². The maximum atomic E-state index is 12.4. The van der Waals surface area contributed by atoms with Crippen LogP contribution in [0, 0.1) is 20.8 Å². The van der Waals surface area contributed by atoms with Crippen molar-refractivity contribution < 1.29 is 4.79 Å². The van der Waals surface area contributed by atoms with Crippen LogP contribution in [0.25, 0.3) is 0 Å². The minimum atomic E-state index is -0.120. The predicted octanol–water partition coefficient (Wildman–Crippen LogP) is 5.53. The molecule has 2 aromatic rings. The fraction of sp³-hybridized carbons (Fsp3) is 0.316. The number of rotatable bonds is 5. The second-order valence-corrected chi connectivity index (χ2v) is 7.61. The molecule has 1 N–H and O–H groups in total. The van der Waals surface area contributed by atoms with Gasteiger partial charge < -0.3 is 5.32 Å². The maximum absolute atomic E-state index is 12.4. The van der Waals surface area contributed by atoms with Gasteiger partial charge in [-0.2, -0.15) is 0 Å². The first kappa shape index (κ1) is 17.9. The van der Waals surface area contributed by atoms with Gasteiger partial charge in [0.2, 0.25) is 5.91 Å². The zero-order valence-electron chi connectivity index (χ0n) is 13.9. The Morgan fingerprint density at radius 3 is 2.26 bits per heavy atom. The molecule has 2 nitrogen and oxygen atoms in total. The summed E-state index contributed by atoms with van der Waals surface area (Å²) in [6.07, 6.45) is 0. The largest absolute Gasteiger partial charge is 0.325 e. The highest BCUT2D eigenvalue weighted by Gasteiger charge is 2.15. The van der Waals surface area contributed by atoms with Crippen LogP contribution in [0.5, 0.6) is 0 Å². The Hall–Kier alpha value is -1.45. The number of amides is 1. The molecule has 2 rings (SSSR count). The maximum Gasteiger partial charge on any atom is 0.237 e. The number of hydrogen-bond acceptors (Lipinski definition) is 2. The minimum Gasteiger partial charge on any atom is -0.325 e. The van der Waals surface area contributed by atoms with Gasteiger partial charge in [-0.05, 0) is 56.5 Å². The van der Waals surface area contributed by atoms with E-state index in [-0.39, 0.29) is 11.2 Å². The first-order valence-electron chi connectivity index (χ1n) is 7.61. The zero-order chi connectivity index (χ0) is 17.0. The summed E-state index contributed by atoms with van der Waals surface area (Å²) < 4.78 is 0. The lowest BCUT2D eigenvalue weighted by molar-refractivity contribution is -0.115. The Balaban J connectivity index is 1.96. The van der Waals surface area contributed by atoms with E-state index < -0.39 is 0 Å². The molecule has 0 fully saturated rings. The number of carbonyl (C=O) groups is 1. The monoisotopic (exact) mass is 347 g/mol. The van der Waals surface area contributed by atoms with Gasteiger partial charge in [0.1, 0.15) is 0 Å². The van der Waals surface area contributed by atoms with Crippen molar-refractivity contribution in [2.75, 3.05) is 5.32 Å². The van der Waals surface area contributed by atoms with Crippen LogP contribution in [0.15, 0.2) is 36.4 Å². The molecule has 4 heteroatoms. The molecule has 0 saturated carbocycles. The fourth-order valence-electron chi connectivity index (χ4n) is 2.48. The summed E-state index contributed by atoms with van der Waals surface area (Å²) >= 11 is 7.51. The predicted molar refractivity (Wildman–Crippen MR) is 101 cm³/mol. The molecule has 2 aromatic carbocycles. The van der Waals surface area contributed by atoms with Gasteiger partial charge in [-0.1, -0.05) is 41.4 Å². The molecule has 0 heterocycles. The van der Waals surface area contributed by atoms with Gasteiger partial charge in [0.05, 0.1) is 5.25 Å². The Morgan fingerprint density at radius 2 is 1.70 bits per heavy atom. The van der Waals surface area contributed by atoms with Crippen molar-refractivity contribution in [2.45, 2.75) is 38.7 Å². The highest BCUT2D eigenvalue weighted by Crippen LogP contribution is 2.24. The average molecular weight is 348 g/mol. The van der Waals surface area contributed by atoms with Gasteiger partial charge in [-0.15, -0.1) is 11.8 Å². The van der Waals surface area contributed by atoms with E-state index in [1.165, 1.54) is 11.1 Å². The van der Waals surface area contributed by atoms with E-state index in [0.717, 1.165) is 27.6 Å². The molecule has 0 aromatic heterocycles. The van der Waals surface area contributed by atoms with Crippen LogP contribution in [-0.2, 0) is 10.5 Å². The first-order chi connectivity index (χ1) is 10.9. The standard InChI is InChI=1S/C19H22ClNOS/c1-12-9-13(2)18(14(3)10-12)21-19(22)15(4)23-11-16-5-7-17(20)8-6-16/h5-10,15H,11H2,1-4H3,(H,21,22)/t15-/m1/s1. The first-order valence-corrected chi connectivity index (χ1v) is 9.04. The lowest BCUT2D eigenvalue weighted by atomic mass is 10.1. The highest BCUT2D eigenvalue weighted by molar-refractivity contribution is 7.99. The molecule has 0 spiro atoms. The van der Waals surface area contributed by atoms with E-state index in [4.69, 9.17) is 11.6 Å². The van der Waals surface area contributed by atoms with E-state index in [1.807, 2.05) is 45.0 Å². The van der Waals surface area contributed by atoms with Crippen LogP contribution >= 0.6 is 23.4 Å². The summed E-state index contributed by atoms with van der Waals surface area (Å²) in [5.41, 5.74) is 5.51. The van der Waals surface area contributed by atoms with Crippen LogP contribution in [0.3, 0.4) is 0 Å². The molecule has 0 bridgehead atoms. The number of halogens is 1. The van der Waals surface area contributed by atoms with Crippen LogP contribution in [0.1, 0.15) is 29.2 Å². The molecule has 0 unspecified atom stereocenters. The van der Waals surface area contributed by atoms with Crippen LogP contribution in [0.4, 0.5) is 5.69 Å². The summed E-state index contributed by atoms with van der Waals surface area (Å²) in [6.45, 7) is 8.06. The molecule has 0 aliphatic rings. The summed E-state index contributed by atoms with van der Waals surface area (Å²) in [6, 6.07) is 11.9. The average Bonchev–Trinajstić information content (AvgIpc) is 2.49. The second-order valence-electron chi connectivity index (χ2n) is 5.84. The van der Waals surface area contributed by atoms with E-state index in [9.17, 15) is 4.79 Å². The molecule has 122 valence electrons. The van der Waals surface area contributed by atoms with Gasteiger partial charge >= 0.3 is 0 Å². The third kappa shape index (κ3) is 5.02. The lowest BCUT2D eigenvalue weighted by Crippen LogP contribution is -2.23. The van der Waals surface area contributed by atoms with Crippen LogP contribution in [0.2, 0.25) is 5.02 Å². The van der Waals surface area contributed by atoms with E-state index >= 15 is 0 Å². The van der Waals surface area contributed by atoms with E-state index in [0.29, 0.717) is 0 Å². The summed E-state index contributed by atoms with van der Waals surface area (Å²) in [4.78, 5) is 12.4. The van der Waals surface area contributed by atoms with Gasteiger partial charge in [0.15, 0.2) is 0 Å². The molecule has 0 aliphatic carbocycles. The molecular formula is C19H22ClNOS. The normalized spacial score (nSPS) is 12.0. The van der Waals surface area contributed by atoms with Gasteiger partial charge in [-0.25, -0.2) is 0 Å². The van der Waals surface area contributed by atoms with Gasteiger partial charge in [-0.3, -0.25) is 4.79 Å². The van der Waals surface area contributed by atoms with Crippen molar-refractivity contribution in [3.05, 3.63) is 63.7 Å². The van der Waals surface area contributed by atoms with Crippen molar-refractivity contribution in [1.82, 2.24) is 0 Å². The Bertz CT molecular complexity index is 674.